The maximum absolute atomic E-state index is 6.24. The molecule has 1 saturated carbocycles. The summed E-state index contributed by atoms with van der Waals surface area (Å²) < 4.78 is 0. The third-order valence-electron chi connectivity index (χ3n) is 3.02. The molecule has 1 aliphatic carbocycles. The zero-order chi connectivity index (χ0) is 9.35. The van der Waals surface area contributed by atoms with Gasteiger partial charge in [-0.2, -0.15) is 0 Å². The zero-order valence-corrected chi connectivity index (χ0v) is 8.78. The molecule has 12 heavy (non-hydrogen) atoms. The molecule has 1 atom stereocenters. The summed E-state index contributed by atoms with van der Waals surface area (Å²) in [5.74, 6) is 0.911. The number of nitrogens with two attached hydrogens (primary N) is 1. The maximum Gasteiger partial charge on any atom is 0.0342 e. The van der Waals surface area contributed by atoms with Crippen molar-refractivity contribution in [3.05, 3.63) is 11.1 Å². The van der Waals surface area contributed by atoms with Crippen molar-refractivity contribution in [2.45, 2.75) is 52.5 Å². The van der Waals surface area contributed by atoms with Crippen LogP contribution in [0.1, 0.15) is 47.0 Å². The molecule has 0 aromatic heterocycles. The van der Waals surface area contributed by atoms with Crippen LogP contribution in [0.25, 0.3) is 0 Å². The lowest BCUT2D eigenvalue weighted by Gasteiger charge is -2.27. The van der Waals surface area contributed by atoms with E-state index in [0.717, 1.165) is 5.92 Å². The molecule has 0 bridgehead atoms. The van der Waals surface area contributed by atoms with E-state index >= 15 is 0 Å². The molecular weight excluding hydrogens is 146 g/mol. The highest BCUT2D eigenvalue weighted by atomic mass is 14.7. The molecule has 0 spiro atoms. The first-order valence-electron chi connectivity index (χ1n) is 4.87. The predicted octanol–water partition coefficient (Wildman–Crippen LogP) is 2.86. The largest absolute Gasteiger partial charge is 0.322 e. The molecule has 0 amide bonds. The molecule has 0 heterocycles. The minimum Gasteiger partial charge on any atom is -0.322 e. The number of hydrogen-bond acceptors (Lipinski definition) is 1. The fourth-order valence-electron chi connectivity index (χ4n) is 1.65. The summed E-state index contributed by atoms with van der Waals surface area (Å²) >= 11 is 0. The second kappa shape index (κ2) is 3.21. The fraction of sp³-hybridized carbons (Fsp3) is 0.818. The normalized spacial score (nSPS) is 21.8. The molecule has 1 fully saturated rings. The van der Waals surface area contributed by atoms with Crippen LogP contribution in [0.3, 0.4) is 0 Å². The van der Waals surface area contributed by atoms with Crippen LogP contribution < -0.4 is 5.73 Å². The summed E-state index contributed by atoms with van der Waals surface area (Å²) in [6.07, 6.45) is 3.95. The number of hydrogen-bond donors (Lipinski definition) is 1. The Balaban J connectivity index is 2.62. The van der Waals surface area contributed by atoms with Crippen molar-refractivity contribution in [2.24, 2.45) is 11.7 Å². The fourth-order valence-corrected chi connectivity index (χ4v) is 1.65. The van der Waals surface area contributed by atoms with Gasteiger partial charge < -0.3 is 5.73 Å². The van der Waals surface area contributed by atoms with Crippen molar-refractivity contribution in [1.29, 1.82) is 0 Å². The summed E-state index contributed by atoms with van der Waals surface area (Å²) in [7, 11) is 0. The van der Waals surface area contributed by atoms with Crippen LogP contribution in [0, 0.1) is 5.92 Å². The van der Waals surface area contributed by atoms with Gasteiger partial charge in [0.25, 0.3) is 0 Å². The zero-order valence-electron chi connectivity index (χ0n) is 8.78. The van der Waals surface area contributed by atoms with E-state index in [0.29, 0.717) is 0 Å². The second-order valence-corrected chi connectivity index (χ2v) is 4.69. The van der Waals surface area contributed by atoms with Crippen molar-refractivity contribution >= 4 is 0 Å². The van der Waals surface area contributed by atoms with Crippen molar-refractivity contribution in [1.82, 2.24) is 0 Å². The molecule has 1 nitrogen and oxygen atoms in total. The quantitative estimate of drug-likeness (QED) is 0.643. The van der Waals surface area contributed by atoms with Gasteiger partial charge in [0.15, 0.2) is 0 Å². The van der Waals surface area contributed by atoms with E-state index in [1.807, 2.05) is 0 Å². The molecule has 0 aromatic rings. The molecule has 0 radical (unpaired) electrons. The number of rotatable bonds is 3. The molecule has 0 saturated heterocycles. The Labute approximate surface area is 76.0 Å². The summed E-state index contributed by atoms with van der Waals surface area (Å²) in [6.45, 7) is 8.62. The lowest BCUT2D eigenvalue weighted by molar-refractivity contribution is 0.467. The highest BCUT2D eigenvalue weighted by Crippen LogP contribution is 2.38. The monoisotopic (exact) mass is 167 g/mol. The van der Waals surface area contributed by atoms with Crippen LogP contribution in [-0.2, 0) is 0 Å². The molecule has 1 rings (SSSR count). The number of allylic oxidation sites excluding steroid dienone is 1. The SMILES string of the molecule is CC(C)=C(C)C(C)(N)CC1CC1. The average Bonchev–Trinajstić information content (AvgIpc) is 2.69. The van der Waals surface area contributed by atoms with E-state index in [1.54, 1.807) is 0 Å². The van der Waals surface area contributed by atoms with Crippen LogP contribution in [-0.4, -0.2) is 5.54 Å². The Hall–Kier alpha value is -0.300. The van der Waals surface area contributed by atoms with E-state index in [2.05, 4.69) is 27.7 Å². The van der Waals surface area contributed by atoms with Gasteiger partial charge in [-0.3, -0.25) is 0 Å². The van der Waals surface area contributed by atoms with Crippen molar-refractivity contribution in [3.63, 3.8) is 0 Å². The standard InChI is InChI=1S/C11H21N/c1-8(2)9(3)11(4,12)7-10-5-6-10/h10H,5-7,12H2,1-4H3. The van der Waals surface area contributed by atoms with E-state index in [-0.39, 0.29) is 5.54 Å². The van der Waals surface area contributed by atoms with Gasteiger partial charge in [0, 0.05) is 5.54 Å². The van der Waals surface area contributed by atoms with E-state index < -0.39 is 0 Å². The van der Waals surface area contributed by atoms with Gasteiger partial charge in [-0.1, -0.05) is 24.0 Å². The molecule has 2 N–H and O–H groups in total. The Bertz CT molecular complexity index is 193. The third-order valence-corrected chi connectivity index (χ3v) is 3.02. The lowest BCUT2D eigenvalue weighted by atomic mass is 9.86. The van der Waals surface area contributed by atoms with Crippen LogP contribution in [0.4, 0.5) is 0 Å². The molecule has 1 unspecified atom stereocenters. The highest BCUT2D eigenvalue weighted by Gasteiger charge is 2.31. The van der Waals surface area contributed by atoms with Crippen molar-refractivity contribution < 1.29 is 0 Å². The Morgan fingerprint density at radius 2 is 1.83 bits per heavy atom. The minimum atomic E-state index is -0.0556. The van der Waals surface area contributed by atoms with Gasteiger partial charge in [-0.15, -0.1) is 0 Å². The summed E-state index contributed by atoms with van der Waals surface area (Å²) in [6, 6.07) is 0. The summed E-state index contributed by atoms with van der Waals surface area (Å²) in [5, 5.41) is 0. The van der Waals surface area contributed by atoms with Gasteiger partial charge in [-0.05, 0) is 40.0 Å². The van der Waals surface area contributed by atoms with Gasteiger partial charge in [-0.25, -0.2) is 0 Å². The maximum atomic E-state index is 6.24. The third kappa shape index (κ3) is 2.34. The Kier molecular flexibility index (Phi) is 2.62. The highest BCUT2D eigenvalue weighted by molar-refractivity contribution is 5.20. The predicted molar refractivity (Wildman–Crippen MR) is 54.0 cm³/mol. The van der Waals surface area contributed by atoms with Crippen molar-refractivity contribution in [3.8, 4) is 0 Å². The van der Waals surface area contributed by atoms with Crippen LogP contribution in [0.15, 0.2) is 11.1 Å². The van der Waals surface area contributed by atoms with E-state index in [9.17, 15) is 0 Å². The topological polar surface area (TPSA) is 26.0 Å². The Morgan fingerprint density at radius 3 is 2.17 bits per heavy atom. The van der Waals surface area contributed by atoms with Crippen LogP contribution in [0.5, 0.6) is 0 Å². The smallest absolute Gasteiger partial charge is 0.0342 e. The first-order chi connectivity index (χ1) is 5.43. The van der Waals surface area contributed by atoms with Gasteiger partial charge in [0.05, 0.1) is 0 Å². The summed E-state index contributed by atoms with van der Waals surface area (Å²) in [5.41, 5.74) is 8.93. The lowest BCUT2D eigenvalue weighted by Crippen LogP contribution is -2.38. The van der Waals surface area contributed by atoms with E-state index in [1.165, 1.54) is 30.4 Å². The molecule has 0 aromatic carbocycles. The first-order valence-corrected chi connectivity index (χ1v) is 4.87. The molecule has 1 aliphatic rings. The molecule has 70 valence electrons. The average molecular weight is 167 g/mol. The van der Waals surface area contributed by atoms with Gasteiger partial charge in [0.1, 0.15) is 0 Å². The van der Waals surface area contributed by atoms with Crippen molar-refractivity contribution in [2.75, 3.05) is 0 Å². The van der Waals surface area contributed by atoms with Gasteiger partial charge in [0.2, 0.25) is 0 Å². The molecular formula is C11H21N. The van der Waals surface area contributed by atoms with Crippen LogP contribution in [0.2, 0.25) is 0 Å². The second-order valence-electron chi connectivity index (χ2n) is 4.69. The van der Waals surface area contributed by atoms with Crippen LogP contribution >= 0.6 is 0 Å². The molecule has 0 aliphatic heterocycles. The first kappa shape index (κ1) is 9.79. The Morgan fingerprint density at radius 1 is 1.33 bits per heavy atom. The van der Waals surface area contributed by atoms with Gasteiger partial charge >= 0.3 is 0 Å². The molecule has 1 heteroatoms. The van der Waals surface area contributed by atoms with E-state index in [4.69, 9.17) is 5.73 Å². The minimum absolute atomic E-state index is 0.0556. The summed E-state index contributed by atoms with van der Waals surface area (Å²) in [4.78, 5) is 0.